The van der Waals surface area contributed by atoms with Gasteiger partial charge in [-0.15, -0.1) is 11.6 Å². The van der Waals surface area contributed by atoms with Gasteiger partial charge < -0.3 is 15.2 Å². The largest absolute Gasteiger partial charge is 0.453 e. The van der Waals surface area contributed by atoms with E-state index in [4.69, 9.17) is 16.3 Å². The molecule has 2 saturated heterocycles. The van der Waals surface area contributed by atoms with Gasteiger partial charge in [0.05, 0.1) is 12.0 Å². The first-order valence-corrected chi connectivity index (χ1v) is 7.95. The number of alkyl halides is 1. The first-order valence-electron chi connectivity index (χ1n) is 7.42. The van der Waals surface area contributed by atoms with Crippen LogP contribution in [-0.4, -0.2) is 45.9 Å². The molecule has 0 aromatic carbocycles. The van der Waals surface area contributed by atoms with Crippen LogP contribution >= 0.6 is 11.6 Å². The number of Topliss-reactive ketones (excluding diaryl/α,β-unsaturated/α-hetero) is 1. The second kappa shape index (κ2) is 5.06. The molecule has 6 nitrogen and oxygen atoms in total. The number of carbonyl (C=O) groups is 3. The van der Waals surface area contributed by atoms with E-state index in [-0.39, 0.29) is 11.8 Å². The van der Waals surface area contributed by atoms with E-state index in [9.17, 15) is 19.5 Å². The zero-order chi connectivity index (χ0) is 16.1. The number of amides is 1. The molecule has 2 fully saturated rings. The molecule has 2 heterocycles. The molecular formula is C15H18ClNO5. The number of ether oxygens (including phenoxy) is 1. The van der Waals surface area contributed by atoms with Crippen molar-refractivity contribution >= 4 is 29.3 Å². The minimum atomic E-state index is -1.66. The van der Waals surface area contributed by atoms with Crippen LogP contribution in [0.3, 0.4) is 0 Å². The van der Waals surface area contributed by atoms with E-state index in [0.717, 1.165) is 0 Å². The lowest BCUT2D eigenvalue weighted by atomic mass is 9.66. The Morgan fingerprint density at radius 3 is 2.86 bits per heavy atom. The van der Waals surface area contributed by atoms with Crippen molar-refractivity contribution in [3.05, 3.63) is 11.6 Å². The summed E-state index contributed by atoms with van der Waals surface area (Å²) in [5, 5.41) is 12.3. The van der Waals surface area contributed by atoms with Crippen LogP contribution in [0.25, 0.3) is 0 Å². The van der Waals surface area contributed by atoms with E-state index in [1.807, 2.05) is 0 Å². The van der Waals surface area contributed by atoms with Gasteiger partial charge in [0.1, 0.15) is 0 Å². The number of carbonyl (C=O) groups excluding carboxylic acids is 3. The fourth-order valence-electron chi connectivity index (χ4n) is 3.75. The van der Waals surface area contributed by atoms with Crippen LogP contribution in [-0.2, 0) is 19.1 Å². The zero-order valence-corrected chi connectivity index (χ0v) is 13.0. The number of esters is 1. The molecule has 1 amide bonds. The Morgan fingerprint density at radius 1 is 1.55 bits per heavy atom. The van der Waals surface area contributed by atoms with E-state index < -0.39 is 34.9 Å². The number of fused-ring (bicyclic) bond motifs is 1. The molecule has 2 aliphatic heterocycles. The lowest BCUT2D eigenvalue weighted by Gasteiger charge is -2.50. The van der Waals surface area contributed by atoms with Gasteiger partial charge in [0.2, 0.25) is 11.4 Å². The highest BCUT2D eigenvalue weighted by atomic mass is 35.5. The highest BCUT2D eigenvalue weighted by Gasteiger charge is 2.79. The molecule has 4 atom stereocenters. The van der Waals surface area contributed by atoms with Crippen molar-refractivity contribution in [2.24, 2.45) is 5.92 Å². The van der Waals surface area contributed by atoms with Crippen LogP contribution in [0.15, 0.2) is 11.6 Å². The molecule has 0 radical (unpaired) electrons. The van der Waals surface area contributed by atoms with Gasteiger partial charge in [0.15, 0.2) is 11.4 Å². The SMILES string of the molecule is C[C@@]12OC(=O)[C@]1(C(=O)C1=CC(O)CCC1)NC(=O)[C@@H]2CCCl. The normalized spacial score (nSPS) is 40.2. The number of aliphatic hydroxyl groups excluding tert-OH is 1. The molecule has 1 aliphatic carbocycles. The van der Waals surface area contributed by atoms with Crippen molar-refractivity contribution in [2.75, 3.05) is 5.88 Å². The Bertz CT molecular complexity index is 588. The van der Waals surface area contributed by atoms with Crippen molar-refractivity contribution in [3.63, 3.8) is 0 Å². The Kier molecular flexibility index (Phi) is 3.57. The minimum Gasteiger partial charge on any atom is -0.453 e. The number of aliphatic hydroxyl groups is 1. The molecule has 3 aliphatic rings. The summed E-state index contributed by atoms with van der Waals surface area (Å²) >= 11 is 5.73. The third kappa shape index (κ3) is 1.80. The topological polar surface area (TPSA) is 92.7 Å². The quantitative estimate of drug-likeness (QED) is 0.444. The van der Waals surface area contributed by atoms with E-state index in [1.165, 1.54) is 6.08 Å². The number of nitrogens with one attached hydrogen (secondary N) is 1. The van der Waals surface area contributed by atoms with E-state index in [0.29, 0.717) is 31.3 Å². The third-order valence-electron chi connectivity index (χ3n) is 5.02. The van der Waals surface area contributed by atoms with Crippen LogP contribution in [0, 0.1) is 5.92 Å². The average molecular weight is 328 g/mol. The van der Waals surface area contributed by atoms with Gasteiger partial charge in [0.25, 0.3) is 0 Å². The fraction of sp³-hybridized carbons (Fsp3) is 0.667. The molecule has 0 aromatic rings. The first kappa shape index (κ1) is 15.5. The lowest BCUT2D eigenvalue weighted by molar-refractivity contribution is -0.216. The fourth-order valence-corrected chi connectivity index (χ4v) is 3.97. The molecular weight excluding hydrogens is 310 g/mol. The molecule has 2 N–H and O–H groups in total. The smallest absolute Gasteiger partial charge is 0.345 e. The van der Waals surface area contributed by atoms with Gasteiger partial charge >= 0.3 is 5.97 Å². The molecule has 7 heteroatoms. The van der Waals surface area contributed by atoms with Crippen LogP contribution in [0.2, 0.25) is 0 Å². The average Bonchev–Trinajstić information content (AvgIpc) is 2.65. The van der Waals surface area contributed by atoms with Crippen molar-refractivity contribution in [1.82, 2.24) is 5.32 Å². The van der Waals surface area contributed by atoms with E-state index in [1.54, 1.807) is 6.92 Å². The Morgan fingerprint density at radius 2 is 2.27 bits per heavy atom. The summed E-state index contributed by atoms with van der Waals surface area (Å²) in [6.45, 7) is 1.60. The molecule has 3 rings (SSSR count). The number of halogens is 1. The van der Waals surface area contributed by atoms with Crippen molar-refractivity contribution in [1.29, 1.82) is 0 Å². The molecule has 0 saturated carbocycles. The van der Waals surface area contributed by atoms with Crippen LogP contribution in [0.5, 0.6) is 0 Å². The number of rotatable bonds is 4. The molecule has 22 heavy (non-hydrogen) atoms. The number of ketones is 1. The minimum absolute atomic E-state index is 0.233. The third-order valence-corrected chi connectivity index (χ3v) is 5.24. The second-order valence-corrected chi connectivity index (χ2v) is 6.62. The molecule has 0 bridgehead atoms. The standard InChI is InChI=1S/C15H18ClNO5/c1-14-10(5-6-16)12(20)17-15(14,13(21)22-14)11(19)8-3-2-4-9(18)7-8/h7,9-10,18H,2-6H2,1H3,(H,17,20)/t9?,10-,14-,15-/m0/s1. The molecule has 0 spiro atoms. The van der Waals surface area contributed by atoms with E-state index >= 15 is 0 Å². The maximum absolute atomic E-state index is 12.9. The molecule has 0 aromatic heterocycles. The first-order chi connectivity index (χ1) is 10.4. The van der Waals surface area contributed by atoms with Gasteiger partial charge in [-0.2, -0.15) is 0 Å². The summed E-state index contributed by atoms with van der Waals surface area (Å²) in [5.74, 6) is -1.99. The van der Waals surface area contributed by atoms with Gasteiger partial charge in [-0.05, 0) is 44.3 Å². The van der Waals surface area contributed by atoms with Crippen molar-refractivity contribution in [3.8, 4) is 0 Å². The van der Waals surface area contributed by atoms with Crippen molar-refractivity contribution < 1.29 is 24.2 Å². The lowest BCUT2D eigenvalue weighted by Crippen LogP contribution is -2.78. The predicted molar refractivity (Wildman–Crippen MR) is 77.1 cm³/mol. The molecule has 1 unspecified atom stereocenters. The summed E-state index contributed by atoms with van der Waals surface area (Å²) in [7, 11) is 0. The highest BCUT2D eigenvalue weighted by Crippen LogP contribution is 2.51. The van der Waals surface area contributed by atoms with Crippen LogP contribution in [0.4, 0.5) is 0 Å². The summed E-state index contributed by atoms with van der Waals surface area (Å²) in [5.41, 5.74) is -2.49. The van der Waals surface area contributed by atoms with Gasteiger partial charge in [-0.25, -0.2) is 4.79 Å². The van der Waals surface area contributed by atoms with Gasteiger partial charge in [-0.1, -0.05) is 0 Å². The van der Waals surface area contributed by atoms with E-state index in [2.05, 4.69) is 5.32 Å². The number of hydrogen-bond donors (Lipinski definition) is 2. The Hall–Kier alpha value is -1.40. The highest BCUT2D eigenvalue weighted by molar-refractivity contribution is 6.24. The summed E-state index contributed by atoms with van der Waals surface area (Å²) < 4.78 is 5.24. The molecule has 120 valence electrons. The summed E-state index contributed by atoms with van der Waals surface area (Å²) in [6, 6.07) is 0. The van der Waals surface area contributed by atoms with Crippen LogP contribution < -0.4 is 5.32 Å². The van der Waals surface area contributed by atoms with Crippen molar-refractivity contribution in [2.45, 2.75) is 49.9 Å². The van der Waals surface area contributed by atoms with Gasteiger partial charge in [-0.3, -0.25) is 9.59 Å². The Labute approximate surface area is 132 Å². The van der Waals surface area contributed by atoms with Gasteiger partial charge in [0, 0.05) is 5.88 Å². The predicted octanol–water partition coefficient (Wildman–Crippen LogP) is 0.456. The zero-order valence-electron chi connectivity index (χ0n) is 12.2. The monoisotopic (exact) mass is 327 g/mol. The maximum atomic E-state index is 12.9. The summed E-state index contributed by atoms with van der Waals surface area (Å²) in [4.78, 5) is 37.2. The number of hydrogen-bond acceptors (Lipinski definition) is 5. The maximum Gasteiger partial charge on any atom is 0.345 e. The summed E-state index contributed by atoms with van der Waals surface area (Å²) in [6.07, 6.45) is 2.85. The van der Waals surface area contributed by atoms with Crippen LogP contribution in [0.1, 0.15) is 32.6 Å². The second-order valence-electron chi connectivity index (χ2n) is 6.25. The Balaban J connectivity index is 1.99.